The zero-order valence-electron chi connectivity index (χ0n) is 18.6. The van der Waals surface area contributed by atoms with E-state index in [1.54, 1.807) is 24.3 Å². The molecule has 0 atom stereocenters. The van der Waals surface area contributed by atoms with Crippen LogP contribution in [0.25, 0.3) is 28.3 Å². The van der Waals surface area contributed by atoms with E-state index >= 15 is 8.78 Å². The lowest BCUT2D eigenvalue weighted by atomic mass is 9.95. The average Bonchev–Trinajstić information content (AvgIpc) is 3.49. The first-order chi connectivity index (χ1) is 17.0. The zero-order chi connectivity index (χ0) is 24.5. The van der Waals surface area contributed by atoms with Gasteiger partial charge in [-0.25, -0.2) is 18.1 Å². The van der Waals surface area contributed by atoms with Gasteiger partial charge in [0.05, 0.1) is 5.69 Å². The van der Waals surface area contributed by atoms with E-state index < -0.39 is 22.9 Å². The van der Waals surface area contributed by atoms with Crippen LogP contribution in [-0.2, 0) is 12.8 Å². The van der Waals surface area contributed by atoms with Crippen LogP contribution in [0.3, 0.4) is 0 Å². The van der Waals surface area contributed by atoms with Crippen LogP contribution in [0.15, 0.2) is 56.8 Å². The fraction of sp³-hybridized carbons (Fsp3) is 0.208. The lowest BCUT2D eigenvalue weighted by Crippen LogP contribution is -2.21. The van der Waals surface area contributed by atoms with Crippen molar-refractivity contribution in [2.75, 3.05) is 0 Å². The van der Waals surface area contributed by atoms with Crippen molar-refractivity contribution in [3.63, 3.8) is 0 Å². The number of H-pyrrole nitrogens is 2. The first kappa shape index (κ1) is 22.4. The number of benzene rings is 2. The molecule has 0 saturated carbocycles. The van der Waals surface area contributed by atoms with E-state index in [0.29, 0.717) is 23.2 Å². The third-order valence-electron chi connectivity index (χ3n) is 5.85. The summed E-state index contributed by atoms with van der Waals surface area (Å²) in [5.41, 5.74) is 1.26. The van der Waals surface area contributed by atoms with Gasteiger partial charge >= 0.3 is 5.76 Å². The maximum Gasteiger partial charge on any atom is 0.439 e. The first-order valence-electron chi connectivity index (χ1n) is 11.0. The highest BCUT2D eigenvalue weighted by atomic mass is 19.1. The maximum atomic E-state index is 15.3. The third kappa shape index (κ3) is 4.16. The van der Waals surface area contributed by atoms with Gasteiger partial charge in [-0.05, 0) is 36.1 Å². The normalized spacial score (nSPS) is 11.4. The Morgan fingerprint density at radius 3 is 2.46 bits per heavy atom. The molecule has 0 radical (unpaired) electrons. The molecule has 35 heavy (non-hydrogen) atoms. The largest absolute Gasteiger partial charge is 0.439 e. The van der Waals surface area contributed by atoms with Gasteiger partial charge in [-0.15, -0.1) is 0 Å². The number of halogens is 2. The van der Waals surface area contributed by atoms with Gasteiger partial charge in [0.2, 0.25) is 5.78 Å². The number of nitrogens with zero attached hydrogens (tertiary/aromatic N) is 4. The summed E-state index contributed by atoms with van der Waals surface area (Å²) in [6.45, 7) is 2.01. The van der Waals surface area contributed by atoms with Crippen LogP contribution < -0.4 is 11.3 Å². The van der Waals surface area contributed by atoms with Crippen LogP contribution in [0.2, 0.25) is 0 Å². The molecule has 3 heterocycles. The van der Waals surface area contributed by atoms with Crippen molar-refractivity contribution in [1.29, 1.82) is 0 Å². The number of aromatic nitrogens is 6. The second kappa shape index (κ2) is 9.09. The Bertz CT molecular complexity index is 1630. The minimum atomic E-state index is -0.803. The molecule has 0 aliphatic carbocycles. The molecule has 5 rings (SSSR count). The molecular formula is C24H20F2N6O3. The molecule has 5 aromatic rings. The van der Waals surface area contributed by atoms with Crippen molar-refractivity contribution >= 4 is 5.78 Å². The lowest BCUT2D eigenvalue weighted by molar-refractivity contribution is 0.388. The van der Waals surface area contributed by atoms with Crippen molar-refractivity contribution in [2.45, 2.75) is 32.6 Å². The van der Waals surface area contributed by atoms with E-state index in [-0.39, 0.29) is 34.7 Å². The van der Waals surface area contributed by atoms with Crippen molar-refractivity contribution < 1.29 is 13.3 Å². The molecular weight excluding hydrogens is 458 g/mol. The molecule has 3 aromatic heterocycles. The second-order valence-corrected chi connectivity index (χ2v) is 8.06. The monoisotopic (exact) mass is 478 g/mol. The van der Waals surface area contributed by atoms with Crippen LogP contribution in [-0.4, -0.2) is 29.7 Å². The predicted octanol–water partition coefficient (Wildman–Crippen LogP) is 3.64. The summed E-state index contributed by atoms with van der Waals surface area (Å²) < 4.78 is 36.7. The smallest absolute Gasteiger partial charge is 0.296 e. The number of aryl methyl sites for hydroxylation is 1. The van der Waals surface area contributed by atoms with Crippen molar-refractivity contribution in [3.05, 3.63) is 92.1 Å². The SMILES string of the molecule is CCCCc1c(Cc2c(F)cc(-c3ccccc3-c3noc(=O)[nH]3)cc2F)c(=O)[nH]c2ncnn12. The van der Waals surface area contributed by atoms with Crippen LogP contribution in [0.4, 0.5) is 8.78 Å². The van der Waals surface area contributed by atoms with E-state index in [1.807, 2.05) is 6.92 Å². The minimum Gasteiger partial charge on any atom is -0.296 e. The Kier molecular flexibility index (Phi) is 5.81. The van der Waals surface area contributed by atoms with E-state index in [2.05, 4.69) is 29.7 Å². The molecule has 0 saturated heterocycles. The van der Waals surface area contributed by atoms with Gasteiger partial charge in [0.25, 0.3) is 5.56 Å². The van der Waals surface area contributed by atoms with Gasteiger partial charge in [0.1, 0.15) is 18.0 Å². The summed E-state index contributed by atoms with van der Waals surface area (Å²) in [5.74, 6) is -1.92. The molecule has 2 aromatic carbocycles. The number of unbranched alkanes of at least 4 members (excludes halogenated alkanes) is 1. The first-order valence-corrected chi connectivity index (χ1v) is 11.0. The summed E-state index contributed by atoms with van der Waals surface area (Å²) >= 11 is 0. The topological polar surface area (TPSA) is 122 Å². The Balaban J connectivity index is 1.58. The molecule has 0 bridgehead atoms. The van der Waals surface area contributed by atoms with Crippen molar-refractivity contribution in [2.24, 2.45) is 0 Å². The summed E-state index contributed by atoms with van der Waals surface area (Å²) in [5, 5.41) is 7.84. The van der Waals surface area contributed by atoms with E-state index in [0.717, 1.165) is 12.8 Å². The fourth-order valence-corrected chi connectivity index (χ4v) is 4.13. The Morgan fingerprint density at radius 2 is 1.77 bits per heavy atom. The molecule has 11 heteroatoms. The highest BCUT2D eigenvalue weighted by Crippen LogP contribution is 2.32. The molecule has 0 aliphatic heterocycles. The lowest BCUT2D eigenvalue weighted by Gasteiger charge is -2.13. The average molecular weight is 478 g/mol. The van der Waals surface area contributed by atoms with Gasteiger partial charge in [-0.1, -0.05) is 42.8 Å². The molecule has 0 amide bonds. The van der Waals surface area contributed by atoms with Gasteiger partial charge in [0.15, 0.2) is 5.82 Å². The van der Waals surface area contributed by atoms with Crippen molar-refractivity contribution in [1.82, 2.24) is 29.7 Å². The van der Waals surface area contributed by atoms with Gasteiger partial charge in [-0.2, -0.15) is 10.1 Å². The summed E-state index contributed by atoms with van der Waals surface area (Å²) in [6, 6.07) is 9.11. The molecule has 9 nitrogen and oxygen atoms in total. The van der Waals surface area contributed by atoms with Crippen LogP contribution >= 0.6 is 0 Å². The maximum absolute atomic E-state index is 15.3. The third-order valence-corrected chi connectivity index (χ3v) is 5.85. The van der Waals surface area contributed by atoms with E-state index in [1.165, 1.54) is 23.0 Å². The Hall–Kier alpha value is -4.41. The number of hydrogen-bond donors (Lipinski definition) is 2. The molecule has 0 aliphatic rings. The van der Waals surface area contributed by atoms with Crippen LogP contribution in [0.1, 0.15) is 36.6 Å². The molecule has 0 unspecified atom stereocenters. The summed E-state index contributed by atoms with van der Waals surface area (Å²) in [6.07, 6.45) is 3.23. The van der Waals surface area contributed by atoms with E-state index in [9.17, 15) is 9.59 Å². The fourth-order valence-electron chi connectivity index (χ4n) is 4.13. The number of fused-ring (bicyclic) bond motifs is 1. The quantitative estimate of drug-likeness (QED) is 0.368. The highest BCUT2D eigenvalue weighted by Gasteiger charge is 2.21. The number of nitrogens with one attached hydrogen (secondary N) is 2. The zero-order valence-corrected chi connectivity index (χ0v) is 18.6. The minimum absolute atomic E-state index is 0.142. The summed E-state index contributed by atoms with van der Waals surface area (Å²) in [4.78, 5) is 33.3. The summed E-state index contributed by atoms with van der Waals surface area (Å²) in [7, 11) is 0. The van der Waals surface area contributed by atoms with E-state index in [4.69, 9.17) is 0 Å². The molecule has 0 fully saturated rings. The molecule has 0 spiro atoms. The highest BCUT2D eigenvalue weighted by molar-refractivity contribution is 5.80. The van der Waals surface area contributed by atoms with Gasteiger partial charge in [-0.3, -0.25) is 19.3 Å². The number of hydrogen-bond acceptors (Lipinski definition) is 6. The number of rotatable bonds is 7. The Morgan fingerprint density at radius 1 is 1.03 bits per heavy atom. The standard InChI is InChI=1S/C24H20F2N6O3/c1-2-3-8-20-17(22(33)30-23-27-12-28-32(20)23)11-16-18(25)9-13(10-19(16)26)14-6-4-5-7-15(14)21-29-24(34)35-31-21/h4-7,9-10,12H,2-3,8,11H2,1H3,(H,29,31,34)(H,27,28,30,33). The Labute approximate surface area is 196 Å². The second-order valence-electron chi connectivity index (χ2n) is 8.06. The van der Waals surface area contributed by atoms with Gasteiger partial charge < -0.3 is 0 Å². The van der Waals surface area contributed by atoms with Crippen molar-refractivity contribution in [3.8, 4) is 22.5 Å². The number of aromatic amines is 2. The molecule has 2 N–H and O–H groups in total. The van der Waals surface area contributed by atoms with Crippen LogP contribution in [0, 0.1) is 11.6 Å². The van der Waals surface area contributed by atoms with Crippen LogP contribution in [0.5, 0.6) is 0 Å². The molecule has 178 valence electrons. The van der Waals surface area contributed by atoms with Gasteiger partial charge in [0, 0.05) is 23.1 Å². The predicted molar refractivity (Wildman–Crippen MR) is 123 cm³/mol.